The maximum Gasteiger partial charge on any atom is 0.272 e. The molecule has 1 aliphatic heterocycles. The van der Waals surface area contributed by atoms with Crippen molar-refractivity contribution in [3.05, 3.63) is 32.3 Å². The fraction of sp³-hybridized carbons (Fsp3) is 0.462. The zero-order valence-electron chi connectivity index (χ0n) is 11.6. The van der Waals surface area contributed by atoms with Gasteiger partial charge >= 0.3 is 0 Å². The number of nitro groups is 1. The number of non-ortho nitro benzene ring substituents is 1. The number of nitro benzene ring substituents is 1. The first-order valence-electron chi connectivity index (χ1n) is 6.61. The monoisotopic (exact) mass is 347 g/mol. The number of nitrogens with one attached hydrogen (secondary N) is 1. The number of anilines is 1. The fourth-order valence-electron chi connectivity index (χ4n) is 2.36. The minimum Gasteiger partial charge on any atom is -0.382 e. The third-order valence-electron chi connectivity index (χ3n) is 3.81. The summed E-state index contributed by atoms with van der Waals surface area (Å²) in [6.07, 6.45) is 0.995. The van der Waals surface area contributed by atoms with Gasteiger partial charge in [-0.15, -0.1) is 0 Å². The summed E-state index contributed by atoms with van der Waals surface area (Å²) < 4.78 is 5.25. The van der Waals surface area contributed by atoms with Crippen LogP contribution >= 0.6 is 23.2 Å². The van der Waals surface area contributed by atoms with E-state index < -0.39 is 16.2 Å². The second-order valence-electron chi connectivity index (χ2n) is 5.15. The predicted molar refractivity (Wildman–Crippen MR) is 83.3 cm³/mol. The molecule has 1 saturated heterocycles. The molecule has 0 bridgehead atoms. The lowest BCUT2D eigenvalue weighted by Gasteiger charge is -2.34. The lowest BCUT2D eigenvalue weighted by molar-refractivity contribution is -0.384. The Morgan fingerprint density at radius 1 is 1.36 bits per heavy atom. The van der Waals surface area contributed by atoms with Crippen molar-refractivity contribution in [3.8, 4) is 0 Å². The molecule has 0 unspecified atom stereocenters. The molecule has 120 valence electrons. The summed E-state index contributed by atoms with van der Waals surface area (Å²) in [5.41, 5.74) is 4.92. The Bertz CT molecular complexity index is 580. The van der Waals surface area contributed by atoms with Crippen LogP contribution in [-0.2, 0) is 9.53 Å². The average Bonchev–Trinajstić information content (AvgIpc) is 2.46. The van der Waals surface area contributed by atoms with Crippen LogP contribution in [-0.4, -0.2) is 30.6 Å². The third-order valence-corrected chi connectivity index (χ3v) is 4.41. The molecule has 0 aliphatic carbocycles. The number of primary amides is 1. The number of ether oxygens (including phenoxy) is 1. The molecule has 22 heavy (non-hydrogen) atoms. The van der Waals surface area contributed by atoms with Gasteiger partial charge < -0.3 is 15.8 Å². The maximum absolute atomic E-state index is 11.8. The van der Waals surface area contributed by atoms with E-state index in [1.54, 1.807) is 0 Å². The van der Waals surface area contributed by atoms with Crippen molar-refractivity contribution < 1.29 is 14.5 Å². The predicted octanol–water partition coefficient (Wildman–Crippen LogP) is 2.60. The van der Waals surface area contributed by atoms with Crippen LogP contribution in [0.15, 0.2) is 12.1 Å². The average molecular weight is 348 g/mol. The van der Waals surface area contributed by atoms with Gasteiger partial charge in [0.1, 0.15) is 0 Å². The number of halogens is 2. The van der Waals surface area contributed by atoms with Crippen molar-refractivity contribution in [2.45, 2.75) is 12.8 Å². The molecule has 3 N–H and O–H groups in total. The van der Waals surface area contributed by atoms with E-state index in [1.165, 1.54) is 12.1 Å². The van der Waals surface area contributed by atoms with Crippen LogP contribution in [0, 0.1) is 15.5 Å². The number of benzene rings is 1. The zero-order valence-corrected chi connectivity index (χ0v) is 13.1. The van der Waals surface area contributed by atoms with Gasteiger partial charge in [-0.3, -0.25) is 14.9 Å². The maximum atomic E-state index is 11.8. The molecule has 0 radical (unpaired) electrons. The molecule has 1 fully saturated rings. The van der Waals surface area contributed by atoms with Crippen LogP contribution in [0.3, 0.4) is 0 Å². The van der Waals surface area contributed by atoms with Crippen LogP contribution in [0.25, 0.3) is 0 Å². The van der Waals surface area contributed by atoms with E-state index in [1.807, 2.05) is 0 Å². The van der Waals surface area contributed by atoms with Crippen LogP contribution < -0.4 is 11.1 Å². The number of nitrogens with zero attached hydrogens (tertiary/aromatic N) is 1. The van der Waals surface area contributed by atoms with Crippen molar-refractivity contribution in [1.82, 2.24) is 0 Å². The van der Waals surface area contributed by atoms with Crippen LogP contribution in [0.2, 0.25) is 10.0 Å². The topological polar surface area (TPSA) is 107 Å². The van der Waals surface area contributed by atoms with Gasteiger partial charge in [-0.05, 0) is 12.8 Å². The molecule has 0 saturated carbocycles. The Balaban J connectivity index is 2.20. The first kappa shape index (κ1) is 16.8. The first-order valence-corrected chi connectivity index (χ1v) is 7.36. The first-order chi connectivity index (χ1) is 10.4. The molecule has 0 spiro atoms. The van der Waals surface area contributed by atoms with E-state index in [0.29, 0.717) is 31.7 Å². The smallest absolute Gasteiger partial charge is 0.272 e. The van der Waals surface area contributed by atoms with Crippen molar-refractivity contribution >= 4 is 40.5 Å². The highest BCUT2D eigenvalue weighted by Gasteiger charge is 2.38. The normalized spacial score (nSPS) is 17.0. The Labute approximate surface area is 136 Å². The number of rotatable bonds is 5. The Morgan fingerprint density at radius 2 is 1.91 bits per heavy atom. The number of hydrogen-bond acceptors (Lipinski definition) is 5. The number of hydrogen-bond donors (Lipinski definition) is 2. The van der Waals surface area contributed by atoms with E-state index in [-0.39, 0.29) is 22.3 Å². The molecule has 1 heterocycles. The van der Waals surface area contributed by atoms with Gasteiger partial charge in [-0.1, -0.05) is 23.2 Å². The van der Waals surface area contributed by atoms with Gasteiger partial charge in [0.15, 0.2) is 0 Å². The lowest BCUT2D eigenvalue weighted by Crippen LogP contribution is -2.46. The molecule has 1 aromatic carbocycles. The van der Waals surface area contributed by atoms with Crippen molar-refractivity contribution in [3.63, 3.8) is 0 Å². The highest BCUT2D eigenvalue weighted by Crippen LogP contribution is 2.37. The second-order valence-corrected chi connectivity index (χ2v) is 5.97. The summed E-state index contributed by atoms with van der Waals surface area (Å²) in [4.78, 5) is 22.0. The van der Waals surface area contributed by atoms with Crippen molar-refractivity contribution in [2.75, 3.05) is 25.1 Å². The standard InChI is InChI=1S/C13H15Cl2N3O4/c14-9-5-8(18(20)21)6-10(15)11(9)17-7-13(12(16)19)1-3-22-4-2-13/h5-6,17H,1-4,7H2,(H2,16,19). The molecule has 2 rings (SSSR count). The SMILES string of the molecule is NC(=O)C1(CNc2c(Cl)cc([N+](=O)[O-])cc2Cl)CCOCC1. The summed E-state index contributed by atoms with van der Waals surface area (Å²) in [6.45, 7) is 1.14. The number of nitrogens with two attached hydrogens (primary N) is 1. The highest BCUT2D eigenvalue weighted by atomic mass is 35.5. The summed E-state index contributed by atoms with van der Waals surface area (Å²) in [7, 11) is 0. The van der Waals surface area contributed by atoms with Crippen molar-refractivity contribution in [2.24, 2.45) is 11.1 Å². The zero-order chi connectivity index (χ0) is 16.3. The summed E-state index contributed by atoms with van der Waals surface area (Å²) in [6, 6.07) is 2.41. The molecule has 1 amide bonds. The van der Waals surface area contributed by atoms with Gasteiger partial charge in [0.2, 0.25) is 5.91 Å². The minimum absolute atomic E-state index is 0.117. The Morgan fingerprint density at radius 3 is 2.36 bits per heavy atom. The minimum atomic E-state index is -0.743. The molecule has 7 nitrogen and oxygen atoms in total. The van der Waals surface area contributed by atoms with Crippen LogP contribution in [0.5, 0.6) is 0 Å². The molecule has 0 atom stereocenters. The molecule has 0 aromatic heterocycles. The van der Waals surface area contributed by atoms with E-state index in [0.717, 1.165) is 0 Å². The molecular formula is C13H15Cl2N3O4. The van der Waals surface area contributed by atoms with E-state index in [4.69, 9.17) is 33.7 Å². The largest absolute Gasteiger partial charge is 0.382 e. The molecule has 1 aromatic rings. The van der Waals surface area contributed by atoms with Gasteiger partial charge in [0, 0.05) is 31.9 Å². The fourth-order valence-corrected chi connectivity index (χ4v) is 2.97. The highest BCUT2D eigenvalue weighted by molar-refractivity contribution is 6.39. The van der Waals surface area contributed by atoms with Gasteiger partial charge in [0.25, 0.3) is 5.69 Å². The summed E-state index contributed by atoms with van der Waals surface area (Å²) in [5.74, 6) is -0.419. The van der Waals surface area contributed by atoms with Gasteiger partial charge in [-0.2, -0.15) is 0 Å². The third kappa shape index (κ3) is 3.43. The second kappa shape index (κ2) is 6.68. The van der Waals surface area contributed by atoms with Crippen molar-refractivity contribution in [1.29, 1.82) is 0 Å². The summed E-state index contributed by atoms with van der Waals surface area (Å²) in [5, 5.41) is 14.0. The molecule has 9 heteroatoms. The van der Waals surface area contributed by atoms with Gasteiger partial charge in [-0.25, -0.2) is 0 Å². The Kier molecular flexibility index (Phi) is 5.10. The summed E-state index contributed by atoms with van der Waals surface area (Å²) >= 11 is 12.1. The van der Waals surface area contributed by atoms with E-state index >= 15 is 0 Å². The quantitative estimate of drug-likeness (QED) is 0.628. The number of carbonyl (C=O) groups is 1. The lowest BCUT2D eigenvalue weighted by atomic mass is 9.79. The number of carbonyl (C=O) groups excluding carboxylic acids is 1. The van der Waals surface area contributed by atoms with Gasteiger partial charge in [0.05, 0.1) is 26.1 Å². The van der Waals surface area contributed by atoms with Crippen LogP contribution in [0.1, 0.15) is 12.8 Å². The Hall–Kier alpha value is -1.57. The molecule has 1 aliphatic rings. The van der Waals surface area contributed by atoms with E-state index in [2.05, 4.69) is 5.32 Å². The van der Waals surface area contributed by atoms with Crippen LogP contribution in [0.4, 0.5) is 11.4 Å². The number of amides is 1. The van der Waals surface area contributed by atoms with E-state index in [9.17, 15) is 14.9 Å². The molecular weight excluding hydrogens is 333 g/mol.